The Morgan fingerprint density at radius 3 is 2.56 bits per heavy atom. The molecule has 2 aliphatic rings. The van der Waals surface area contributed by atoms with Crippen LogP contribution in [0.2, 0.25) is 0 Å². The minimum Gasteiger partial charge on any atom is -0.332 e. The van der Waals surface area contributed by atoms with Crippen LogP contribution in [-0.4, -0.2) is 72.1 Å². The highest BCUT2D eigenvalue weighted by Crippen LogP contribution is 2.26. The maximum atomic E-state index is 12.6. The summed E-state index contributed by atoms with van der Waals surface area (Å²) >= 11 is 0. The lowest BCUT2D eigenvalue weighted by Crippen LogP contribution is -2.47. The van der Waals surface area contributed by atoms with Crippen molar-refractivity contribution in [2.75, 3.05) is 33.2 Å². The van der Waals surface area contributed by atoms with E-state index in [9.17, 15) is 18.0 Å². The van der Waals surface area contributed by atoms with Crippen LogP contribution in [0.3, 0.4) is 0 Å². The van der Waals surface area contributed by atoms with E-state index < -0.39 is 18.8 Å². The standard InChI is InChI=1S/C18H24F3N3O/c1-22(16-8-10-24(17(16)25)13-18(19,20)21)15-7-9-23(12-15)11-14-5-3-2-4-6-14/h2-6,15-16H,7-13H2,1H3/t15-,16-/m1/s1. The zero-order chi connectivity index (χ0) is 18.0. The van der Waals surface area contributed by atoms with Crippen LogP contribution in [0.5, 0.6) is 0 Å². The van der Waals surface area contributed by atoms with Gasteiger partial charge >= 0.3 is 6.18 Å². The fourth-order valence-electron chi connectivity index (χ4n) is 3.86. The van der Waals surface area contributed by atoms with Gasteiger partial charge in [-0.1, -0.05) is 30.3 Å². The average Bonchev–Trinajstić information content (AvgIpc) is 3.14. The lowest BCUT2D eigenvalue weighted by molar-refractivity contribution is -0.159. The highest BCUT2D eigenvalue weighted by atomic mass is 19.4. The molecule has 0 saturated carbocycles. The van der Waals surface area contributed by atoms with E-state index in [4.69, 9.17) is 0 Å². The number of likely N-dealkylation sites (N-methyl/N-ethyl adjacent to an activating group) is 1. The summed E-state index contributed by atoms with van der Waals surface area (Å²) in [5.74, 6) is -0.388. The third-order valence-electron chi connectivity index (χ3n) is 5.20. The second-order valence-electron chi connectivity index (χ2n) is 7.01. The van der Waals surface area contributed by atoms with Crippen LogP contribution in [0.1, 0.15) is 18.4 Å². The van der Waals surface area contributed by atoms with Crippen LogP contribution in [0.15, 0.2) is 30.3 Å². The fourth-order valence-corrected chi connectivity index (χ4v) is 3.86. The van der Waals surface area contributed by atoms with Crippen molar-refractivity contribution in [1.29, 1.82) is 0 Å². The predicted octanol–water partition coefficient (Wildman–Crippen LogP) is 2.36. The molecule has 7 heteroatoms. The summed E-state index contributed by atoms with van der Waals surface area (Å²) < 4.78 is 37.7. The van der Waals surface area contributed by atoms with Crippen molar-refractivity contribution in [1.82, 2.24) is 14.7 Å². The molecule has 2 heterocycles. The van der Waals surface area contributed by atoms with Crippen molar-refractivity contribution in [3.8, 4) is 0 Å². The molecule has 138 valence electrons. The molecular formula is C18H24F3N3O. The zero-order valence-electron chi connectivity index (χ0n) is 14.4. The zero-order valence-corrected chi connectivity index (χ0v) is 14.4. The third kappa shape index (κ3) is 4.52. The van der Waals surface area contributed by atoms with Gasteiger partial charge < -0.3 is 4.90 Å². The lowest BCUT2D eigenvalue weighted by atomic mass is 10.1. The Hall–Kier alpha value is -1.60. The molecule has 1 amide bonds. The summed E-state index contributed by atoms with van der Waals surface area (Å²) in [6.07, 6.45) is -2.92. The Morgan fingerprint density at radius 1 is 1.16 bits per heavy atom. The molecule has 2 aliphatic heterocycles. The average molecular weight is 355 g/mol. The van der Waals surface area contributed by atoms with Crippen LogP contribution in [0.25, 0.3) is 0 Å². The summed E-state index contributed by atoms with van der Waals surface area (Å²) in [6.45, 7) is 1.70. The molecule has 1 aromatic rings. The second kappa shape index (κ2) is 7.33. The summed E-state index contributed by atoms with van der Waals surface area (Å²) in [4.78, 5) is 17.6. The number of hydrogen-bond donors (Lipinski definition) is 0. The van der Waals surface area contributed by atoms with Gasteiger partial charge in [-0.3, -0.25) is 14.6 Å². The third-order valence-corrected chi connectivity index (χ3v) is 5.20. The minimum absolute atomic E-state index is 0.188. The van der Waals surface area contributed by atoms with Crippen LogP contribution < -0.4 is 0 Å². The van der Waals surface area contributed by atoms with Gasteiger partial charge in [-0.15, -0.1) is 0 Å². The van der Waals surface area contributed by atoms with E-state index >= 15 is 0 Å². The first kappa shape index (κ1) is 18.2. The molecule has 0 unspecified atom stereocenters. The predicted molar refractivity (Wildman–Crippen MR) is 88.9 cm³/mol. The Bertz CT molecular complexity index is 593. The Morgan fingerprint density at radius 2 is 1.88 bits per heavy atom. The number of halogens is 3. The van der Waals surface area contributed by atoms with E-state index in [-0.39, 0.29) is 18.5 Å². The topological polar surface area (TPSA) is 26.8 Å². The quantitative estimate of drug-likeness (QED) is 0.811. The number of likely N-dealkylation sites (tertiary alicyclic amines) is 2. The molecule has 2 fully saturated rings. The van der Waals surface area contributed by atoms with E-state index in [2.05, 4.69) is 17.0 Å². The summed E-state index contributed by atoms with van der Waals surface area (Å²) in [5.41, 5.74) is 1.25. The van der Waals surface area contributed by atoms with Gasteiger partial charge in [-0.05, 0) is 25.5 Å². The molecule has 4 nitrogen and oxygen atoms in total. The number of alkyl halides is 3. The molecular weight excluding hydrogens is 331 g/mol. The monoisotopic (exact) mass is 355 g/mol. The number of benzene rings is 1. The minimum atomic E-state index is -4.33. The summed E-state index contributed by atoms with van der Waals surface area (Å²) in [5, 5.41) is 0. The Balaban J connectivity index is 1.54. The molecule has 0 radical (unpaired) electrons. The van der Waals surface area contributed by atoms with Crippen molar-refractivity contribution in [2.45, 2.75) is 37.6 Å². The Kier molecular flexibility index (Phi) is 5.34. The van der Waals surface area contributed by atoms with Gasteiger partial charge in [0.1, 0.15) is 6.54 Å². The van der Waals surface area contributed by atoms with E-state index in [1.807, 2.05) is 30.1 Å². The van der Waals surface area contributed by atoms with Crippen LogP contribution in [-0.2, 0) is 11.3 Å². The van der Waals surface area contributed by atoms with Crippen LogP contribution in [0, 0.1) is 0 Å². The van der Waals surface area contributed by atoms with Gasteiger partial charge in [0.15, 0.2) is 0 Å². The number of carbonyl (C=O) groups is 1. The Labute approximate surface area is 146 Å². The van der Waals surface area contributed by atoms with Crippen molar-refractivity contribution in [3.05, 3.63) is 35.9 Å². The maximum Gasteiger partial charge on any atom is 0.406 e. The number of carbonyl (C=O) groups excluding carboxylic acids is 1. The number of hydrogen-bond acceptors (Lipinski definition) is 3. The SMILES string of the molecule is CN([C@@H]1CCN(Cc2ccccc2)C1)[C@@H]1CCN(CC(F)(F)F)C1=O. The van der Waals surface area contributed by atoms with Gasteiger partial charge in [0, 0.05) is 32.2 Å². The first-order chi connectivity index (χ1) is 11.8. The lowest BCUT2D eigenvalue weighted by Gasteiger charge is -2.29. The summed E-state index contributed by atoms with van der Waals surface area (Å²) in [6, 6.07) is 9.98. The van der Waals surface area contributed by atoms with Gasteiger partial charge in [-0.25, -0.2) is 0 Å². The van der Waals surface area contributed by atoms with Gasteiger partial charge in [-0.2, -0.15) is 13.2 Å². The van der Waals surface area contributed by atoms with E-state index in [0.717, 1.165) is 31.0 Å². The number of rotatable bonds is 5. The highest BCUT2D eigenvalue weighted by molar-refractivity contribution is 5.84. The largest absolute Gasteiger partial charge is 0.406 e. The highest BCUT2D eigenvalue weighted by Gasteiger charge is 2.42. The molecule has 0 spiro atoms. The second-order valence-corrected chi connectivity index (χ2v) is 7.01. The first-order valence-corrected chi connectivity index (χ1v) is 8.67. The summed E-state index contributed by atoms with van der Waals surface area (Å²) in [7, 11) is 1.87. The molecule has 2 saturated heterocycles. The van der Waals surface area contributed by atoms with E-state index in [1.165, 1.54) is 5.56 Å². The van der Waals surface area contributed by atoms with Gasteiger partial charge in [0.25, 0.3) is 0 Å². The molecule has 3 rings (SSSR count). The first-order valence-electron chi connectivity index (χ1n) is 8.67. The normalized spacial score (nSPS) is 25.3. The molecule has 1 aromatic carbocycles. The molecule has 0 aromatic heterocycles. The molecule has 0 bridgehead atoms. The molecule has 0 N–H and O–H groups in total. The molecule has 0 aliphatic carbocycles. The van der Waals surface area contributed by atoms with Crippen molar-refractivity contribution < 1.29 is 18.0 Å². The van der Waals surface area contributed by atoms with E-state index in [0.29, 0.717) is 6.42 Å². The number of nitrogens with zero attached hydrogens (tertiary/aromatic N) is 3. The smallest absolute Gasteiger partial charge is 0.332 e. The van der Waals surface area contributed by atoms with Crippen LogP contribution in [0.4, 0.5) is 13.2 Å². The van der Waals surface area contributed by atoms with Crippen LogP contribution >= 0.6 is 0 Å². The van der Waals surface area contributed by atoms with E-state index in [1.54, 1.807) is 0 Å². The maximum absolute atomic E-state index is 12.6. The van der Waals surface area contributed by atoms with Gasteiger partial charge in [0.05, 0.1) is 6.04 Å². The van der Waals surface area contributed by atoms with Crippen molar-refractivity contribution in [3.63, 3.8) is 0 Å². The fraction of sp³-hybridized carbons (Fsp3) is 0.611. The molecule has 2 atom stereocenters. The molecule has 25 heavy (non-hydrogen) atoms. The van der Waals surface area contributed by atoms with Crippen molar-refractivity contribution in [2.24, 2.45) is 0 Å². The van der Waals surface area contributed by atoms with Gasteiger partial charge in [0.2, 0.25) is 5.91 Å². The number of amides is 1. The van der Waals surface area contributed by atoms with Crippen molar-refractivity contribution >= 4 is 5.91 Å².